The fourth-order valence-corrected chi connectivity index (χ4v) is 14.3. The molecule has 0 bridgehead atoms. The van der Waals surface area contributed by atoms with Gasteiger partial charge in [0.2, 0.25) is 6.29 Å². The molecule has 4 N–H and O–H groups in total. The van der Waals surface area contributed by atoms with Crippen LogP contribution in [0.4, 0.5) is 57.1 Å². The van der Waals surface area contributed by atoms with Crippen LogP contribution < -0.4 is 69.6 Å². The number of carboxylic acid groups (broad SMARTS) is 1. The number of esters is 1. The first-order chi connectivity index (χ1) is 61.2. The third-order valence-electron chi connectivity index (χ3n) is 19.7. The summed E-state index contributed by atoms with van der Waals surface area (Å²) in [6, 6.07) is 69.4. The Morgan fingerprint density at radius 1 is 0.421 bits per heavy atom. The monoisotopic (exact) mass is 2000 g/mol. The van der Waals surface area contributed by atoms with Crippen molar-refractivity contribution in [2.45, 2.75) is 102 Å². The van der Waals surface area contributed by atoms with Crippen LogP contribution in [0.25, 0.3) is 44.6 Å². The van der Waals surface area contributed by atoms with Crippen molar-refractivity contribution in [2.24, 2.45) is 0 Å². The molecule has 0 atom stereocenters. The standard InChI is InChI=1S/C26H23ClN4O2.C25H21ClN4O2.C15H21ClN2O2.C10H13ClN2.C9H18N2O2.C6H4BrCl.C2HF3O.C2H6.4CH4.Na.H2O/c1-33-26(32)19-7-12-22-23(17-19)29-25(24(28-22)18-5-3-2-4-6-18)31-15-13-30(14-16-31)21-10-8-20(27)9-11-21;26-19-7-9-20(10-8-19)29-12-14-30(15-13-29)24-23(17-4-2-1-3-5-17)27-21-11-6-18(25(31)32)16-22(21)28-24;1-15(2,3)20-14(19)18-10-8-17(9-11-18)13-6-4-12(16)5-7-13;11-9-1-3-10(4-2-9)13-7-5-12-6-8-13;1-9(2,3)13-8(12)11-6-4-10-5-7-11;7-5-1-3-6(8)4-2-5;3-2(4,5)1-6;1-2;;;;;;/h2-12,17H,13-16H2,1H3;1-11,16H,12-15H2,(H,31,32);4-7H,8-11H2,1-3H3;1-4,12H,5-8H2;10H,4-7H2,1-3H3;1-4H;1H;1-2H3;4*1H4;;1H2/q;;;;;;;;;;;;+1;/p-1/i;;;;;;;1D;;;;;;. The fourth-order valence-electron chi connectivity index (χ4n) is 13.4. The van der Waals surface area contributed by atoms with Gasteiger partial charge in [0.1, 0.15) is 22.6 Å². The number of carbonyl (C=O) groups excluding carboxylic acids is 4. The molecule has 714 valence electrons. The predicted octanol–water partition coefficient (Wildman–Crippen LogP) is 20.3. The van der Waals surface area contributed by atoms with E-state index in [4.69, 9.17) is 98.3 Å². The van der Waals surface area contributed by atoms with E-state index in [-0.39, 0.29) is 94.1 Å². The Morgan fingerprint density at radius 2 is 0.699 bits per heavy atom. The molecule has 34 heteroatoms. The van der Waals surface area contributed by atoms with Crippen molar-refractivity contribution in [3.63, 3.8) is 0 Å². The number of piperazine rings is 5. The van der Waals surface area contributed by atoms with Crippen molar-refractivity contribution in [3.8, 4) is 22.5 Å². The second-order valence-corrected chi connectivity index (χ2v) is 34.2. The molecule has 5 saturated heterocycles. The van der Waals surface area contributed by atoms with Gasteiger partial charge in [0.05, 0.1) is 40.3 Å². The Balaban J connectivity index is 0.000000423. The SMILES string of the molecule is C.C.C.C.CC(C)(C)OC(=O)N1CCN(c2ccc(Cl)cc2)CC1.CC(C)(C)OC(=O)N1CCNCC1.COC(=O)c1ccc2nc(-c3ccccc3)c(N3CCN(c4ccc(Cl)cc4)CC3)nc2c1.Clc1ccc(Br)cc1.Clc1ccc(N2CCNCC2)cc1.O=C(O)c1ccc2nc(-c3ccccc3)c(N3CCN(c4ccc(Cl)cc4)CC3)nc2c1.O=CC(F)(F)F.[2H]CC.[Na+].[OH-]. The van der Waals surface area contributed by atoms with E-state index in [1.165, 1.54) is 12.8 Å². The van der Waals surface area contributed by atoms with E-state index in [9.17, 15) is 37.5 Å². The summed E-state index contributed by atoms with van der Waals surface area (Å²) in [6.45, 7) is 30.6. The van der Waals surface area contributed by atoms with Gasteiger partial charge in [0, 0.05) is 196 Å². The first kappa shape index (κ1) is 116. The number of nitrogens with zero attached hydrogens (tertiary/aromatic N) is 12. The molecule has 133 heavy (non-hydrogen) atoms. The van der Waals surface area contributed by atoms with Gasteiger partial charge in [-0.2, -0.15) is 13.2 Å². The van der Waals surface area contributed by atoms with Gasteiger partial charge in [0.15, 0.2) is 11.6 Å². The van der Waals surface area contributed by atoms with Gasteiger partial charge in [-0.05, 0) is 199 Å². The Kier molecular flexibility index (Phi) is 50.2. The molecule has 5 aliphatic rings. The summed E-state index contributed by atoms with van der Waals surface area (Å²) in [6.07, 6.45) is -6.13. The van der Waals surface area contributed by atoms with Crippen LogP contribution in [0.3, 0.4) is 0 Å². The fraction of sp³-hybridized carbons (Fsp3) is 0.364. The van der Waals surface area contributed by atoms with E-state index in [0.29, 0.717) is 42.1 Å². The first-order valence-electron chi connectivity index (χ1n) is 42.1. The summed E-state index contributed by atoms with van der Waals surface area (Å²) in [5.74, 6) is 0.247. The topological polar surface area (TPSA) is 265 Å². The van der Waals surface area contributed by atoms with Crippen molar-refractivity contribution in [2.75, 3.05) is 167 Å². The molecular weight excluding hydrogens is 1880 g/mol. The average molecular weight is 2010 g/mol. The van der Waals surface area contributed by atoms with Crippen LogP contribution >= 0.6 is 73.9 Å². The van der Waals surface area contributed by atoms with E-state index >= 15 is 0 Å². The molecule has 7 heterocycles. The van der Waals surface area contributed by atoms with Crippen molar-refractivity contribution in [3.05, 3.63) is 259 Å². The van der Waals surface area contributed by atoms with Gasteiger partial charge >= 0.3 is 59.9 Å². The predicted molar refractivity (Wildman–Crippen MR) is 540 cm³/mol. The number of amides is 2. The summed E-state index contributed by atoms with van der Waals surface area (Å²) >= 11 is 32.7. The molecule has 2 aromatic heterocycles. The number of fused-ring (bicyclic) bond motifs is 2. The number of aromatic nitrogens is 4. The van der Waals surface area contributed by atoms with Gasteiger partial charge in [-0.25, -0.2) is 39.1 Å². The zero-order valence-corrected chi connectivity index (χ0v) is 81.0. The molecule has 5 fully saturated rings. The third kappa shape index (κ3) is 38.1. The van der Waals surface area contributed by atoms with Crippen LogP contribution in [0.5, 0.6) is 0 Å². The molecule has 5 aliphatic heterocycles. The molecule has 0 spiro atoms. The van der Waals surface area contributed by atoms with Crippen molar-refractivity contribution in [1.82, 2.24) is 40.4 Å². The number of halogens is 9. The summed E-state index contributed by atoms with van der Waals surface area (Å²) in [5.41, 5.74) is 10.9. The molecule has 11 aromatic rings. The number of anilines is 6. The van der Waals surface area contributed by atoms with Crippen molar-refractivity contribution in [1.29, 1.82) is 0 Å². The van der Waals surface area contributed by atoms with Crippen LogP contribution in [0, 0.1) is 0 Å². The molecule has 0 radical (unpaired) electrons. The van der Waals surface area contributed by atoms with Gasteiger partial charge in [-0.3, -0.25) is 4.79 Å². The Labute approximate surface area is 838 Å². The first-order valence-corrected chi connectivity index (χ1v) is 44.0. The van der Waals surface area contributed by atoms with E-state index in [1.807, 2.05) is 205 Å². The van der Waals surface area contributed by atoms with Crippen LogP contribution in [-0.4, -0.2) is 226 Å². The number of hydrogen-bond acceptors (Lipinski definition) is 21. The number of rotatable bonds is 10. The van der Waals surface area contributed by atoms with Crippen LogP contribution in [-0.2, 0) is 19.0 Å². The zero-order valence-electron chi connectivity index (χ0n) is 74.6. The van der Waals surface area contributed by atoms with Gasteiger partial charge < -0.3 is 74.6 Å². The molecule has 9 aromatic carbocycles. The average Bonchev–Trinajstić information content (AvgIpc) is 0.776. The Bertz CT molecular complexity index is 5320. The number of benzene rings is 9. The van der Waals surface area contributed by atoms with Gasteiger partial charge in [0.25, 0.3) is 0 Å². The normalized spacial score (nSPS) is 14.0. The van der Waals surface area contributed by atoms with Gasteiger partial charge in [-0.1, -0.05) is 178 Å². The zero-order chi connectivity index (χ0) is 92.5. The number of nitrogens with one attached hydrogen (secondary N) is 2. The number of alkyl halides is 3. The molecule has 0 aliphatic carbocycles. The number of ether oxygens (including phenoxy) is 3. The van der Waals surface area contributed by atoms with Crippen molar-refractivity contribution >= 4 is 161 Å². The second kappa shape index (κ2) is 57.8. The number of aldehydes is 1. The minimum Gasteiger partial charge on any atom is -0.870 e. The van der Waals surface area contributed by atoms with Crippen LogP contribution in [0.2, 0.25) is 25.1 Å². The number of aromatic carboxylic acids is 1. The molecule has 0 unspecified atom stereocenters. The molecule has 2 amide bonds. The van der Waals surface area contributed by atoms with E-state index in [0.717, 1.165) is 204 Å². The van der Waals surface area contributed by atoms with Crippen LogP contribution in [0.15, 0.2) is 223 Å². The van der Waals surface area contributed by atoms with E-state index in [1.54, 1.807) is 47.1 Å². The second-order valence-electron chi connectivity index (χ2n) is 31.1. The van der Waals surface area contributed by atoms with Gasteiger partial charge in [-0.15, -0.1) is 0 Å². The molecule has 0 saturated carbocycles. The van der Waals surface area contributed by atoms with Crippen LogP contribution in [0.1, 0.15) is 107 Å². The summed E-state index contributed by atoms with van der Waals surface area (Å²) < 4.78 is 54.0. The Morgan fingerprint density at radius 3 is 1.00 bits per heavy atom. The van der Waals surface area contributed by atoms with E-state index in [2.05, 4.69) is 80.2 Å². The maximum atomic E-state index is 12.0. The summed E-state index contributed by atoms with van der Waals surface area (Å²) in [7, 11) is 1.38. The quantitative estimate of drug-likeness (QED) is 0.0497. The Hall–Kier alpha value is -9.79. The number of methoxy groups -OCH3 is 1. The molecule has 24 nitrogen and oxygen atoms in total. The van der Waals surface area contributed by atoms with Crippen molar-refractivity contribution < 1.29 is 92.9 Å². The molecule has 16 rings (SSSR count). The smallest absolute Gasteiger partial charge is 0.870 e. The largest absolute Gasteiger partial charge is 1.00 e. The summed E-state index contributed by atoms with van der Waals surface area (Å²) in [4.78, 5) is 92.6. The maximum Gasteiger partial charge on any atom is 1.00 e. The maximum absolute atomic E-state index is 12.0. The minimum absolute atomic E-state index is 0. The molecular formula is C99H124BrCl5F3N14NaO10. The van der Waals surface area contributed by atoms with E-state index < -0.39 is 24.0 Å². The number of carboxylic acids is 1. The minimum atomic E-state index is -4.64. The third-order valence-corrected chi connectivity index (χ3v) is 21.5. The number of hydrogen-bond donors (Lipinski definition) is 3. The number of carbonyl (C=O) groups is 5. The summed E-state index contributed by atoms with van der Waals surface area (Å²) in [5, 5.41) is 19.7.